The summed E-state index contributed by atoms with van der Waals surface area (Å²) in [5, 5.41) is 14.2. The van der Waals surface area contributed by atoms with Gasteiger partial charge in [0.05, 0.1) is 20.7 Å². The number of carbonyl (C=O) groups excluding carboxylic acids is 2. The number of nitrogens with zero attached hydrogens (tertiary/aromatic N) is 2. The van der Waals surface area contributed by atoms with Crippen LogP contribution in [0, 0.1) is 10.1 Å². The Hall–Kier alpha value is -3.62. The largest absolute Gasteiger partial charge is 0.298 e. The SMILES string of the molecule is O=C(Nc1nc2ccccc2s1)c1ccccc1C(=O)c1ccc(Cl)c([N+](=O)[O-])c1. The summed E-state index contributed by atoms with van der Waals surface area (Å²) in [5.41, 5.74) is 0.702. The molecule has 7 nitrogen and oxygen atoms in total. The first kappa shape index (κ1) is 19.7. The number of hydrogen-bond donors (Lipinski definition) is 1. The highest BCUT2D eigenvalue weighted by atomic mass is 35.5. The topological polar surface area (TPSA) is 102 Å². The van der Waals surface area contributed by atoms with Gasteiger partial charge < -0.3 is 0 Å². The predicted molar refractivity (Wildman–Crippen MR) is 116 cm³/mol. The van der Waals surface area contributed by atoms with Crippen LogP contribution in [0.4, 0.5) is 10.8 Å². The molecule has 0 fully saturated rings. The second-order valence-electron chi connectivity index (χ2n) is 6.24. The molecule has 0 radical (unpaired) electrons. The lowest BCUT2D eigenvalue weighted by atomic mass is 9.97. The van der Waals surface area contributed by atoms with E-state index in [0.29, 0.717) is 5.13 Å². The third-order valence-corrected chi connectivity index (χ3v) is 5.61. The highest BCUT2D eigenvalue weighted by molar-refractivity contribution is 7.22. The number of hydrogen-bond acceptors (Lipinski definition) is 6. The van der Waals surface area contributed by atoms with Crippen LogP contribution in [0.5, 0.6) is 0 Å². The van der Waals surface area contributed by atoms with Crippen molar-refractivity contribution >= 4 is 55.7 Å². The zero-order valence-electron chi connectivity index (χ0n) is 15.2. The van der Waals surface area contributed by atoms with Crippen molar-refractivity contribution in [2.75, 3.05) is 5.32 Å². The molecule has 0 aliphatic rings. The third kappa shape index (κ3) is 3.78. The molecule has 0 bridgehead atoms. The van der Waals surface area contributed by atoms with Crippen LogP contribution >= 0.6 is 22.9 Å². The maximum Gasteiger partial charge on any atom is 0.288 e. The molecule has 148 valence electrons. The minimum Gasteiger partial charge on any atom is -0.298 e. The summed E-state index contributed by atoms with van der Waals surface area (Å²) in [6.45, 7) is 0. The van der Waals surface area contributed by atoms with Crippen LogP contribution in [-0.4, -0.2) is 21.6 Å². The molecule has 4 aromatic rings. The fourth-order valence-corrected chi connectivity index (χ4v) is 3.97. The van der Waals surface area contributed by atoms with Gasteiger partial charge in [-0.3, -0.25) is 25.0 Å². The van der Waals surface area contributed by atoms with Crippen molar-refractivity contribution in [3.05, 3.63) is 98.6 Å². The van der Waals surface area contributed by atoms with E-state index in [-0.39, 0.29) is 27.4 Å². The van der Waals surface area contributed by atoms with Gasteiger partial charge in [0.1, 0.15) is 5.02 Å². The molecule has 0 saturated heterocycles. The van der Waals surface area contributed by atoms with Crippen molar-refractivity contribution < 1.29 is 14.5 Å². The maximum atomic E-state index is 13.0. The van der Waals surface area contributed by atoms with Gasteiger partial charge in [-0.15, -0.1) is 0 Å². The van der Waals surface area contributed by atoms with E-state index >= 15 is 0 Å². The van der Waals surface area contributed by atoms with Crippen molar-refractivity contribution in [2.45, 2.75) is 0 Å². The molecule has 30 heavy (non-hydrogen) atoms. The molecule has 1 aromatic heterocycles. The standard InChI is InChI=1S/C21H12ClN3O4S/c22-15-10-9-12(11-17(15)25(28)29)19(26)13-5-1-2-6-14(13)20(27)24-21-23-16-7-3-4-8-18(16)30-21/h1-11H,(H,23,24,27). The predicted octanol–water partition coefficient (Wildman–Crippen LogP) is 5.34. The Kier molecular flexibility index (Phi) is 5.26. The van der Waals surface area contributed by atoms with Crippen LogP contribution in [0.25, 0.3) is 10.2 Å². The Morgan fingerprint density at radius 3 is 2.43 bits per heavy atom. The molecular formula is C21H12ClN3O4S. The minimum atomic E-state index is -0.662. The van der Waals surface area contributed by atoms with Crippen LogP contribution in [0.3, 0.4) is 0 Å². The highest BCUT2D eigenvalue weighted by Gasteiger charge is 2.22. The van der Waals surface area contributed by atoms with Crippen molar-refractivity contribution in [3.63, 3.8) is 0 Å². The molecule has 0 spiro atoms. The van der Waals surface area contributed by atoms with E-state index in [4.69, 9.17) is 11.6 Å². The number of aromatic nitrogens is 1. The van der Waals surface area contributed by atoms with Gasteiger partial charge in [0.2, 0.25) is 0 Å². The first-order valence-electron chi connectivity index (χ1n) is 8.68. The minimum absolute atomic E-state index is 0.0614. The molecule has 3 aromatic carbocycles. The van der Waals surface area contributed by atoms with Gasteiger partial charge >= 0.3 is 0 Å². The Labute approximate surface area is 179 Å². The number of nitro benzene ring substituents is 1. The molecule has 1 heterocycles. The summed E-state index contributed by atoms with van der Waals surface area (Å²) < 4.78 is 0.922. The molecular weight excluding hydrogens is 426 g/mol. The normalized spacial score (nSPS) is 10.7. The van der Waals surface area contributed by atoms with Crippen LogP contribution in [0.15, 0.2) is 66.7 Å². The van der Waals surface area contributed by atoms with Gasteiger partial charge in [0, 0.05) is 17.2 Å². The van der Waals surface area contributed by atoms with Crippen molar-refractivity contribution in [1.82, 2.24) is 4.98 Å². The summed E-state index contributed by atoms with van der Waals surface area (Å²) >= 11 is 7.14. The number of nitrogens with one attached hydrogen (secondary N) is 1. The number of benzene rings is 3. The van der Waals surface area contributed by atoms with Crippen LogP contribution < -0.4 is 5.32 Å². The summed E-state index contributed by atoms with van der Waals surface area (Å²) in [5.74, 6) is -1.02. The van der Waals surface area contributed by atoms with E-state index in [1.807, 2.05) is 24.3 Å². The van der Waals surface area contributed by atoms with Crippen LogP contribution in [-0.2, 0) is 0 Å². The van der Waals surface area contributed by atoms with Crippen LogP contribution in [0.2, 0.25) is 5.02 Å². The summed E-state index contributed by atoms with van der Waals surface area (Å²) in [6.07, 6.45) is 0. The molecule has 0 unspecified atom stereocenters. The molecule has 9 heteroatoms. The maximum absolute atomic E-state index is 13.0. The van der Waals surface area contributed by atoms with Crippen molar-refractivity contribution in [2.24, 2.45) is 0 Å². The molecule has 0 aliphatic carbocycles. The van der Waals surface area contributed by atoms with E-state index in [9.17, 15) is 19.7 Å². The first-order chi connectivity index (χ1) is 14.4. The smallest absolute Gasteiger partial charge is 0.288 e. The number of nitro groups is 1. The molecule has 1 amide bonds. The second kappa shape index (κ2) is 8.02. The summed E-state index contributed by atoms with van der Waals surface area (Å²) in [4.78, 5) is 40.7. The molecule has 1 N–H and O–H groups in total. The van der Waals surface area contributed by atoms with Gasteiger partial charge in [-0.05, 0) is 30.3 Å². The Morgan fingerprint density at radius 1 is 1.00 bits per heavy atom. The number of amides is 1. The average Bonchev–Trinajstić information content (AvgIpc) is 3.15. The number of thiazole rings is 1. The van der Waals surface area contributed by atoms with E-state index in [1.54, 1.807) is 12.1 Å². The van der Waals surface area contributed by atoms with Crippen molar-refractivity contribution in [3.8, 4) is 0 Å². The third-order valence-electron chi connectivity index (χ3n) is 4.34. The Morgan fingerprint density at radius 2 is 1.70 bits per heavy atom. The molecule has 0 atom stereocenters. The number of fused-ring (bicyclic) bond motifs is 1. The van der Waals surface area contributed by atoms with Gasteiger partial charge in [-0.25, -0.2) is 4.98 Å². The zero-order valence-corrected chi connectivity index (χ0v) is 16.7. The van der Waals surface area contributed by atoms with Gasteiger partial charge in [0.25, 0.3) is 11.6 Å². The Balaban J connectivity index is 1.66. The lowest BCUT2D eigenvalue weighted by Crippen LogP contribution is -2.17. The van der Waals surface area contributed by atoms with E-state index < -0.39 is 16.6 Å². The lowest BCUT2D eigenvalue weighted by molar-refractivity contribution is -0.384. The number of anilines is 1. The van der Waals surface area contributed by atoms with Crippen molar-refractivity contribution in [1.29, 1.82) is 0 Å². The monoisotopic (exact) mass is 437 g/mol. The second-order valence-corrected chi connectivity index (χ2v) is 7.68. The molecule has 0 saturated carbocycles. The average molecular weight is 438 g/mol. The quantitative estimate of drug-likeness (QED) is 0.258. The summed E-state index contributed by atoms with van der Waals surface area (Å²) in [6, 6.07) is 17.5. The zero-order chi connectivity index (χ0) is 21.3. The van der Waals surface area contributed by atoms with E-state index in [0.717, 1.165) is 16.3 Å². The lowest BCUT2D eigenvalue weighted by Gasteiger charge is -2.08. The fourth-order valence-electron chi connectivity index (χ4n) is 2.92. The number of halogens is 1. The van der Waals surface area contributed by atoms with E-state index in [1.165, 1.54) is 35.6 Å². The van der Waals surface area contributed by atoms with Gasteiger partial charge in [-0.1, -0.05) is 53.3 Å². The fraction of sp³-hybridized carbons (Fsp3) is 0. The van der Waals surface area contributed by atoms with E-state index in [2.05, 4.69) is 10.3 Å². The van der Waals surface area contributed by atoms with Gasteiger partial charge in [-0.2, -0.15) is 0 Å². The van der Waals surface area contributed by atoms with Crippen LogP contribution in [0.1, 0.15) is 26.3 Å². The number of ketones is 1. The molecule has 0 aliphatic heterocycles. The summed E-state index contributed by atoms with van der Waals surface area (Å²) in [7, 11) is 0. The highest BCUT2D eigenvalue weighted by Crippen LogP contribution is 2.28. The molecule has 4 rings (SSSR count). The first-order valence-corrected chi connectivity index (χ1v) is 9.88. The number of rotatable bonds is 5. The van der Waals surface area contributed by atoms with Gasteiger partial charge in [0.15, 0.2) is 10.9 Å². The number of para-hydroxylation sites is 1. The number of carbonyl (C=O) groups is 2. The Bertz CT molecular complexity index is 1290.